The molecule has 2 aliphatic carbocycles. The first kappa shape index (κ1) is 19.7. The summed E-state index contributed by atoms with van der Waals surface area (Å²) in [6, 6.07) is 0.601. The maximum atomic E-state index is 11.7. The van der Waals surface area contributed by atoms with Crippen LogP contribution in [0.1, 0.15) is 57.8 Å². The van der Waals surface area contributed by atoms with E-state index >= 15 is 0 Å². The zero-order chi connectivity index (χ0) is 18.6. The van der Waals surface area contributed by atoms with Gasteiger partial charge in [0.2, 0.25) is 5.91 Å². The molecule has 3 atom stereocenters. The Morgan fingerprint density at radius 2 is 1.93 bits per heavy atom. The number of carbonyl (C=O) groups excluding carboxylic acids is 2. The zero-order valence-electron chi connectivity index (χ0n) is 16.1. The van der Waals surface area contributed by atoms with Crippen LogP contribution in [0.5, 0.6) is 0 Å². The average molecular weight is 397 g/mol. The summed E-state index contributed by atoms with van der Waals surface area (Å²) >= 11 is 1.16. The van der Waals surface area contributed by atoms with Crippen molar-refractivity contribution in [1.29, 1.82) is 0 Å². The van der Waals surface area contributed by atoms with Gasteiger partial charge in [0.25, 0.3) is 5.24 Å². The second-order valence-corrected chi connectivity index (χ2v) is 9.60. The van der Waals surface area contributed by atoms with Gasteiger partial charge in [0.15, 0.2) is 0 Å². The molecule has 2 saturated heterocycles. The predicted octanol–water partition coefficient (Wildman–Crippen LogP) is 2.95. The van der Waals surface area contributed by atoms with E-state index in [-0.39, 0.29) is 16.4 Å². The third kappa shape index (κ3) is 5.05. The third-order valence-electron chi connectivity index (χ3n) is 6.69. The highest BCUT2D eigenvalue weighted by atomic mass is 32.2. The maximum Gasteiger partial charge on any atom is 0.286 e. The fourth-order valence-electron chi connectivity index (χ4n) is 5.18. The van der Waals surface area contributed by atoms with E-state index in [9.17, 15) is 9.59 Å². The van der Waals surface area contributed by atoms with Crippen molar-refractivity contribution in [2.24, 2.45) is 5.92 Å². The van der Waals surface area contributed by atoms with E-state index in [1.165, 1.54) is 25.7 Å². The van der Waals surface area contributed by atoms with Crippen LogP contribution in [0.3, 0.4) is 0 Å². The van der Waals surface area contributed by atoms with Crippen LogP contribution in [0.25, 0.3) is 0 Å². The minimum atomic E-state index is -0.190. The van der Waals surface area contributed by atoms with Gasteiger partial charge in [0.05, 0.1) is 30.7 Å². The zero-order valence-corrected chi connectivity index (χ0v) is 16.9. The van der Waals surface area contributed by atoms with Crippen molar-refractivity contribution in [3.05, 3.63) is 0 Å². The molecule has 0 bridgehead atoms. The minimum Gasteiger partial charge on any atom is -0.377 e. The second kappa shape index (κ2) is 9.25. The Morgan fingerprint density at radius 3 is 2.70 bits per heavy atom. The molecule has 2 heterocycles. The average Bonchev–Trinajstić information content (AvgIpc) is 3.00. The van der Waals surface area contributed by atoms with Gasteiger partial charge in [0.1, 0.15) is 0 Å². The number of imide groups is 1. The van der Waals surface area contributed by atoms with E-state index in [4.69, 9.17) is 9.47 Å². The highest BCUT2D eigenvalue weighted by molar-refractivity contribution is 8.15. The molecule has 0 aromatic carbocycles. The van der Waals surface area contributed by atoms with Gasteiger partial charge in [-0.05, 0) is 50.9 Å². The normalized spacial score (nSPS) is 37.9. The Bertz CT molecular complexity index is 536. The van der Waals surface area contributed by atoms with Gasteiger partial charge in [-0.3, -0.25) is 19.8 Å². The first-order valence-corrected chi connectivity index (χ1v) is 11.6. The molecule has 4 aliphatic rings. The van der Waals surface area contributed by atoms with E-state index in [2.05, 4.69) is 10.2 Å². The van der Waals surface area contributed by atoms with Gasteiger partial charge in [0, 0.05) is 19.1 Å². The summed E-state index contributed by atoms with van der Waals surface area (Å²) < 4.78 is 12.2. The van der Waals surface area contributed by atoms with E-state index in [1.54, 1.807) is 0 Å². The van der Waals surface area contributed by atoms with Crippen LogP contribution in [-0.2, 0) is 14.3 Å². The van der Waals surface area contributed by atoms with Crippen LogP contribution in [0.4, 0.5) is 4.79 Å². The first-order valence-electron chi connectivity index (χ1n) is 10.7. The molecule has 6 nitrogen and oxygen atoms in total. The van der Waals surface area contributed by atoms with Crippen LogP contribution < -0.4 is 5.32 Å². The topological polar surface area (TPSA) is 67.9 Å². The predicted molar refractivity (Wildman–Crippen MR) is 105 cm³/mol. The number of amides is 2. The summed E-state index contributed by atoms with van der Waals surface area (Å²) in [7, 11) is 0. The summed E-state index contributed by atoms with van der Waals surface area (Å²) in [5, 5.41) is 2.03. The van der Waals surface area contributed by atoms with Crippen LogP contribution in [0, 0.1) is 5.92 Å². The van der Waals surface area contributed by atoms with E-state index in [0.29, 0.717) is 24.2 Å². The Morgan fingerprint density at radius 1 is 1.11 bits per heavy atom. The number of hydrogen-bond acceptors (Lipinski definition) is 6. The maximum absolute atomic E-state index is 11.7. The van der Waals surface area contributed by atoms with Crippen molar-refractivity contribution in [2.45, 2.75) is 81.3 Å². The van der Waals surface area contributed by atoms with Gasteiger partial charge in [-0.2, -0.15) is 0 Å². The van der Waals surface area contributed by atoms with Crippen LogP contribution in [0.15, 0.2) is 0 Å². The summed E-state index contributed by atoms with van der Waals surface area (Å²) in [5.41, 5.74) is 0. The molecule has 0 aromatic heterocycles. The molecule has 2 amide bonds. The molecular formula is C20H32N2O4S. The number of morpholine rings is 1. The van der Waals surface area contributed by atoms with Crippen molar-refractivity contribution >= 4 is 22.9 Å². The van der Waals surface area contributed by atoms with Crippen molar-refractivity contribution in [2.75, 3.05) is 26.3 Å². The Kier molecular flexibility index (Phi) is 6.74. The summed E-state index contributed by atoms with van der Waals surface area (Å²) in [6.07, 6.45) is 11.1. The molecule has 4 rings (SSSR count). The smallest absolute Gasteiger partial charge is 0.286 e. The third-order valence-corrected chi connectivity index (χ3v) is 7.69. The SMILES string of the molecule is O=C1NC(=O)C(CC2CCC(OCCN3CCOC4CCCCC43)CC2)S1. The molecule has 0 spiro atoms. The van der Waals surface area contributed by atoms with Crippen LogP contribution in [0.2, 0.25) is 0 Å². The molecular weight excluding hydrogens is 364 g/mol. The van der Waals surface area contributed by atoms with Gasteiger partial charge >= 0.3 is 0 Å². The molecule has 3 unspecified atom stereocenters. The first-order chi connectivity index (χ1) is 13.2. The summed E-state index contributed by atoms with van der Waals surface area (Å²) in [5.74, 6) is 0.441. The molecule has 0 radical (unpaired) electrons. The van der Waals surface area contributed by atoms with Gasteiger partial charge < -0.3 is 9.47 Å². The number of rotatable bonds is 6. The fourth-order valence-corrected chi connectivity index (χ4v) is 6.13. The highest BCUT2D eigenvalue weighted by Crippen LogP contribution is 2.34. The number of fused-ring (bicyclic) bond motifs is 1. The molecule has 27 heavy (non-hydrogen) atoms. The highest BCUT2D eigenvalue weighted by Gasteiger charge is 2.35. The summed E-state index contributed by atoms with van der Waals surface area (Å²) in [4.78, 5) is 25.6. The van der Waals surface area contributed by atoms with Crippen molar-refractivity contribution in [3.63, 3.8) is 0 Å². The molecule has 0 aromatic rings. The Balaban J connectivity index is 1.14. The van der Waals surface area contributed by atoms with Crippen molar-refractivity contribution in [1.82, 2.24) is 10.2 Å². The molecule has 152 valence electrons. The Hall–Kier alpha value is -0.630. The lowest BCUT2D eigenvalue weighted by Gasteiger charge is -2.44. The second-order valence-electron chi connectivity index (χ2n) is 8.43. The molecule has 2 saturated carbocycles. The van der Waals surface area contributed by atoms with E-state index in [0.717, 1.165) is 70.2 Å². The fraction of sp³-hybridized carbons (Fsp3) is 0.900. The lowest BCUT2D eigenvalue weighted by Crippen LogP contribution is -2.53. The van der Waals surface area contributed by atoms with Crippen molar-refractivity contribution < 1.29 is 19.1 Å². The van der Waals surface area contributed by atoms with E-state index < -0.39 is 0 Å². The molecule has 1 N–H and O–H groups in total. The van der Waals surface area contributed by atoms with Crippen LogP contribution >= 0.6 is 11.8 Å². The number of ether oxygens (including phenoxy) is 2. The Labute approximate surface area is 166 Å². The number of carbonyl (C=O) groups is 2. The lowest BCUT2D eigenvalue weighted by atomic mass is 9.84. The molecule has 4 fully saturated rings. The largest absolute Gasteiger partial charge is 0.377 e. The molecule has 2 aliphatic heterocycles. The monoisotopic (exact) mass is 396 g/mol. The lowest BCUT2D eigenvalue weighted by molar-refractivity contribution is -0.119. The number of thioether (sulfide) groups is 1. The number of hydrogen-bond donors (Lipinski definition) is 1. The minimum absolute atomic E-state index is 0.102. The number of nitrogens with zero attached hydrogens (tertiary/aromatic N) is 1. The quantitative estimate of drug-likeness (QED) is 0.745. The van der Waals surface area contributed by atoms with Gasteiger partial charge in [-0.1, -0.05) is 24.6 Å². The van der Waals surface area contributed by atoms with Gasteiger partial charge in [-0.25, -0.2) is 0 Å². The van der Waals surface area contributed by atoms with E-state index in [1.807, 2.05) is 0 Å². The van der Waals surface area contributed by atoms with Gasteiger partial charge in [-0.15, -0.1) is 0 Å². The van der Waals surface area contributed by atoms with Crippen molar-refractivity contribution in [3.8, 4) is 0 Å². The number of nitrogens with one attached hydrogen (secondary N) is 1. The standard InChI is InChI=1S/C20H32N2O4S/c23-19-18(27-20(24)21-19)13-14-5-7-15(8-6-14)25-11-9-22-10-12-26-17-4-2-1-3-16(17)22/h14-18H,1-13H2,(H,21,23,24). The van der Waals surface area contributed by atoms with Crippen LogP contribution in [-0.4, -0.2) is 65.8 Å². The molecule has 7 heteroatoms. The summed E-state index contributed by atoms with van der Waals surface area (Å²) in [6.45, 7) is 3.73.